The van der Waals surface area contributed by atoms with Gasteiger partial charge in [-0.3, -0.25) is 9.59 Å². The standard InChI is InChI=1S/C24H22Cl2N2O6S/c1-33-12-11-27-35(31,32)18-8-10-22(20(26)14-18)34-15-23(29)28-21-9-7-17(25)13-19(21)24(30)16-5-3-2-4-6-16/h2-10,13-14,27H,11-12,15H2,1H3,(H,28,29). The van der Waals surface area contributed by atoms with Crippen molar-refractivity contribution in [1.82, 2.24) is 4.72 Å². The number of anilines is 1. The molecule has 8 nitrogen and oxygen atoms in total. The van der Waals surface area contributed by atoms with Crippen LogP contribution in [0.25, 0.3) is 0 Å². The third-order valence-electron chi connectivity index (χ3n) is 4.71. The Morgan fingerprint density at radius 1 is 0.971 bits per heavy atom. The zero-order valence-corrected chi connectivity index (χ0v) is 20.9. The zero-order valence-electron chi connectivity index (χ0n) is 18.6. The van der Waals surface area contributed by atoms with Crippen LogP contribution < -0.4 is 14.8 Å². The molecule has 0 radical (unpaired) electrons. The van der Waals surface area contributed by atoms with Crippen molar-refractivity contribution in [2.75, 3.05) is 32.2 Å². The van der Waals surface area contributed by atoms with E-state index in [0.717, 1.165) is 0 Å². The number of carbonyl (C=O) groups is 2. The molecule has 3 rings (SSSR count). The van der Waals surface area contributed by atoms with Crippen LogP contribution in [0.2, 0.25) is 10.0 Å². The Morgan fingerprint density at radius 2 is 1.71 bits per heavy atom. The van der Waals surface area contributed by atoms with Gasteiger partial charge in [0, 0.05) is 29.8 Å². The second-order valence-electron chi connectivity index (χ2n) is 7.20. The summed E-state index contributed by atoms with van der Waals surface area (Å²) >= 11 is 12.2. The van der Waals surface area contributed by atoms with E-state index in [0.29, 0.717) is 10.6 Å². The maximum Gasteiger partial charge on any atom is 0.262 e. The van der Waals surface area contributed by atoms with Crippen LogP contribution >= 0.6 is 23.2 Å². The van der Waals surface area contributed by atoms with E-state index in [4.69, 9.17) is 32.7 Å². The monoisotopic (exact) mass is 536 g/mol. The largest absolute Gasteiger partial charge is 0.482 e. The van der Waals surface area contributed by atoms with Crippen LogP contribution in [0.5, 0.6) is 5.75 Å². The number of methoxy groups -OCH3 is 1. The molecule has 1 amide bonds. The molecule has 11 heteroatoms. The van der Waals surface area contributed by atoms with Gasteiger partial charge in [-0.25, -0.2) is 13.1 Å². The molecule has 0 aliphatic carbocycles. The van der Waals surface area contributed by atoms with Gasteiger partial charge in [0.2, 0.25) is 10.0 Å². The number of nitrogens with one attached hydrogen (secondary N) is 2. The Morgan fingerprint density at radius 3 is 2.40 bits per heavy atom. The molecule has 0 saturated heterocycles. The lowest BCUT2D eigenvalue weighted by atomic mass is 10.0. The summed E-state index contributed by atoms with van der Waals surface area (Å²) in [5.41, 5.74) is 0.942. The first-order valence-electron chi connectivity index (χ1n) is 10.3. The number of carbonyl (C=O) groups excluding carboxylic acids is 2. The number of ketones is 1. The summed E-state index contributed by atoms with van der Waals surface area (Å²) in [5, 5.41) is 3.00. The van der Waals surface area contributed by atoms with E-state index in [1.165, 1.54) is 37.4 Å². The van der Waals surface area contributed by atoms with Crippen molar-refractivity contribution >= 4 is 50.6 Å². The van der Waals surface area contributed by atoms with Gasteiger partial charge in [0.15, 0.2) is 12.4 Å². The molecule has 0 unspecified atom stereocenters. The van der Waals surface area contributed by atoms with Crippen molar-refractivity contribution < 1.29 is 27.5 Å². The number of ether oxygens (including phenoxy) is 2. The minimum atomic E-state index is -3.78. The van der Waals surface area contributed by atoms with Crippen molar-refractivity contribution in [2.45, 2.75) is 4.90 Å². The third kappa shape index (κ3) is 7.27. The predicted octanol–water partition coefficient (Wildman–Crippen LogP) is 4.17. The van der Waals surface area contributed by atoms with Crippen molar-refractivity contribution in [2.24, 2.45) is 0 Å². The first-order chi connectivity index (χ1) is 16.7. The van der Waals surface area contributed by atoms with E-state index in [9.17, 15) is 18.0 Å². The number of halogens is 2. The SMILES string of the molecule is COCCNS(=O)(=O)c1ccc(OCC(=O)Nc2ccc(Cl)cc2C(=O)c2ccccc2)c(Cl)c1. The highest BCUT2D eigenvalue weighted by molar-refractivity contribution is 7.89. The maximum absolute atomic E-state index is 12.9. The Bertz CT molecular complexity index is 1320. The molecule has 3 aromatic rings. The zero-order chi connectivity index (χ0) is 25.4. The average Bonchev–Trinajstić information content (AvgIpc) is 2.84. The molecule has 0 aliphatic heterocycles. The summed E-state index contributed by atoms with van der Waals surface area (Å²) in [6.45, 7) is -0.108. The molecule has 0 aromatic heterocycles. The van der Waals surface area contributed by atoms with Crippen LogP contribution in [0.15, 0.2) is 71.6 Å². The quantitative estimate of drug-likeness (QED) is 0.281. The average molecular weight is 537 g/mol. The van der Waals surface area contributed by atoms with Gasteiger partial charge in [0.1, 0.15) is 5.75 Å². The van der Waals surface area contributed by atoms with Crippen molar-refractivity contribution in [1.29, 1.82) is 0 Å². The number of rotatable bonds is 11. The highest BCUT2D eigenvalue weighted by Gasteiger charge is 2.18. The minimum Gasteiger partial charge on any atom is -0.482 e. The topological polar surface area (TPSA) is 111 Å². The fraction of sp³-hybridized carbons (Fsp3) is 0.167. The molecule has 0 heterocycles. The molecule has 0 spiro atoms. The lowest BCUT2D eigenvalue weighted by Gasteiger charge is -2.13. The second kappa shape index (κ2) is 12.1. The summed E-state index contributed by atoms with van der Waals surface area (Å²) in [6.07, 6.45) is 0. The number of hydrogen-bond acceptors (Lipinski definition) is 6. The number of amides is 1. The lowest BCUT2D eigenvalue weighted by molar-refractivity contribution is -0.118. The van der Waals surface area contributed by atoms with Crippen LogP contribution in [0, 0.1) is 0 Å². The van der Waals surface area contributed by atoms with E-state index in [-0.39, 0.29) is 45.9 Å². The summed E-state index contributed by atoms with van der Waals surface area (Å²) in [7, 11) is -2.31. The molecule has 184 valence electrons. The predicted molar refractivity (Wildman–Crippen MR) is 134 cm³/mol. The van der Waals surface area contributed by atoms with Gasteiger partial charge >= 0.3 is 0 Å². The van der Waals surface area contributed by atoms with Crippen LogP contribution in [-0.2, 0) is 19.6 Å². The van der Waals surface area contributed by atoms with Gasteiger partial charge < -0.3 is 14.8 Å². The smallest absolute Gasteiger partial charge is 0.262 e. The van der Waals surface area contributed by atoms with Crippen LogP contribution in [0.4, 0.5) is 5.69 Å². The van der Waals surface area contributed by atoms with E-state index in [1.807, 2.05) is 0 Å². The van der Waals surface area contributed by atoms with Crippen LogP contribution in [0.3, 0.4) is 0 Å². The maximum atomic E-state index is 12.9. The summed E-state index contributed by atoms with van der Waals surface area (Å²) in [5.74, 6) is -0.735. The molecular formula is C24H22Cl2N2O6S. The minimum absolute atomic E-state index is 0.0128. The summed E-state index contributed by atoms with van der Waals surface area (Å²) in [6, 6.07) is 17.0. The van der Waals surface area contributed by atoms with E-state index in [1.54, 1.807) is 36.4 Å². The van der Waals surface area contributed by atoms with E-state index < -0.39 is 22.5 Å². The van der Waals surface area contributed by atoms with Crippen molar-refractivity contribution in [3.05, 3.63) is 87.9 Å². The highest BCUT2D eigenvalue weighted by atomic mass is 35.5. The second-order valence-corrected chi connectivity index (χ2v) is 9.82. The summed E-state index contributed by atoms with van der Waals surface area (Å²) < 4.78 is 37.2. The van der Waals surface area contributed by atoms with Gasteiger partial charge in [-0.15, -0.1) is 0 Å². The Balaban J connectivity index is 1.68. The van der Waals surface area contributed by atoms with Gasteiger partial charge in [-0.1, -0.05) is 53.5 Å². The first kappa shape index (κ1) is 26.7. The summed E-state index contributed by atoms with van der Waals surface area (Å²) in [4.78, 5) is 25.4. The molecular weight excluding hydrogens is 515 g/mol. The van der Waals surface area contributed by atoms with Crippen LogP contribution in [-0.4, -0.2) is 47.0 Å². The normalized spacial score (nSPS) is 11.2. The van der Waals surface area contributed by atoms with Gasteiger partial charge in [0.05, 0.1) is 22.2 Å². The Hall–Kier alpha value is -2.95. The van der Waals surface area contributed by atoms with Gasteiger partial charge in [0.25, 0.3) is 5.91 Å². The molecule has 2 N–H and O–H groups in total. The third-order valence-corrected chi connectivity index (χ3v) is 6.70. The Labute approximate surface area is 213 Å². The molecule has 0 bridgehead atoms. The number of benzene rings is 3. The molecule has 0 atom stereocenters. The first-order valence-corrected chi connectivity index (χ1v) is 12.6. The fourth-order valence-corrected chi connectivity index (χ4v) is 4.53. The van der Waals surface area contributed by atoms with E-state index in [2.05, 4.69) is 10.0 Å². The molecule has 35 heavy (non-hydrogen) atoms. The Kier molecular flexibility index (Phi) is 9.25. The lowest BCUT2D eigenvalue weighted by Crippen LogP contribution is -2.27. The number of hydrogen-bond donors (Lipinski definition) is 2. The molecule has 0 saturated carbocycles. The van der Waals surface area contributed by atoms with Crippen molar-refractivity contribution in [3.8, 4) is 5.75 Å². The van der Waals surface area contributed by atoms with Crippen LogP contribution in [0.1, 0.15) is 15.9 Å². The van der Waals surface area contributed by atoms with Gasteiger partial charge in [-0.05, 0) is 36.4 Å². The van der Waals surface area contributed by atoms with Gasteiger partial charge in [-0.2, -0.15) is 0 Å². The molecule has 0 fully saturated rings. The van der Waals surface area contributed by atoms with E-state index >= 15 is 0 Å². The highest BCUT2D eigenvalue weighted by Crippen LogP contribution is 2.28. The van der Waals surface area contributed by atoms with Crippen molar-refractivity contribution in [3.63, 3.8) is 0 Å². The molecule has 0 aliphatic rings. The molecule has 3 aromatic carbocycles. The number of sulfonamides is 1. The fourth-order valence-electron chi connectivity index (χ4n) is 3.02.